The van der Waals surface area contributed by atoms with E-state index in [1.807, 2.05) is 0 Å². The number of rotatable bonds is 3. The fraction of sp³-hybridized carbons (Fsp3) is 0.300. The van der Waals surface area contributed by atoms with Crippen LogP contribution in [0.1, 0.15) is 17.3 Å². The minimum Gasteiger partial charge on any atom is -0.462 e. The van der Waals surface area contributed by atoms with Gasteiger partial charge in [0.25, 0.3) is 0 Å². The SMILES string of the molecule is CCOC(=O)c1cc(S)ccc1OC(F)(F)F. The maximum Gasteiger partial charge on any atom is 0.573 e. The standard InChI is InChI=1S/C10H9F3O3S/c1-2-15-9(14)7-5-6(17)3-4-8(7)16-10(11,12)13/h3-5,17H,2H2,1H3. The maximum atomic E-state index is 12.1. The average Bonchev–Trinajstić information content (AvgIpc) is 2.19. The summed E-state index contributed by atoms with van der Waals surface area (Å²) in [5.41, 5.74) is -0.309. The molecule has 0 aliphatic carbocycles. The van der Waals surface area contributed by atoms with E-state index in [2.05, 4.69) is 22.1 Å². The van der Waals surface area contributed by atoms with Gasteiger partial charge in [0.2, 0.25) is 0 Å². The Balaban J connectivity index is 3.08. The second-order valence-corrected chi connectivity index (χ2v) is 3.47. The van der Waals surface area contributed by atoms with Crippen molar-refractivity contribution in [2.24, 2.45) is 0 Å². The van der Waals surface area contributed by atoms with E-state index in [0.717, 1.165) is 12.1 Å². The minimum atomic E-state index is -4.86. The molecular weight excluding hydrogens is 257 g/mol. The molecular formula is C10H9F3O3S. The van der Waals surface area contributed by atoms with E-state index in [1.54, 1.807) is 6.92 Å². The third kappa shape index (κ3) is 4.18. The number of benzene rings is 1. The van der Waals surface area contributed by atoms with Gasteiger partial charge in [-0.1, -0.05) is 0 Å². The number of hydrogen-bond acceptors (Lipinski definition) is 4. The summed E-state index contributed by atoms with van der Waals surface area (Å²) in [6.45, 7) is 1.60. The van der Waals surface area contributed by atoms with Crippen molar-refractivity contribution in [1.82, 2.24) is 0 Å². The highest BCUT2D eigenvalue weighted by Crippen LogP contribution is 2.28. The van der Waals surface area contributed by atoms with Crippen LogP contribution in [0, 0.1) is 0 Å². The second kappa shape index (κ2) is 5.31. The molecule has 0 bridgehead atoms. The molecule has 0 heterocycles. The number of hydrogen-bond donors (Lipinski definition) is 1. The van der Waals surface area contributed by atoms with E-state index >= 15 is 0 Å². The smallest absolute Gasteiger partial charge is 0.462 e. The lowest BCUT2D eigenvalue weighted by molar-refractivity contribution is -0.274. The largest absolute Gasteiger partial charge is 0.573 e. The molecule has 0 aromatic heterocycles. The van der Waals surface area contributed by atoms with Gasteiger partial charge in [-0.15, -0.1) is 25.8 Å². The predicted molar refractivity (Wildman–Crippen MR) is 56.3 cm³/mol. The van der Waals surface area contributed by atoms with E-state index in [9.17, 15) is 18.0 Å². The van der Waals surface area contributed by atoms with Crippen molar-refractivity contribution >= 4 is 18.6 Å². The van der Waals surface area contributed by atoms with Crippen LogP contribution in [0.4, 0.5) is 13.2 Å². The number of ether oxygens (including phenoxy) is 2. The van der Waals surface area contributed by atoms with Crippen molar-refractivity contribution in [2.45, 2.75) is 18.2 Å². The minimum absolute atomic E-state index is 0.0566. The molecule has 0 amide bonds. The first-order chi connectivity index (χ1) is 7.83. The van der Waals surface area contributed by atoms with Crippen LogP contribution in [0.15, 0.2) is 23.1 Å². The van der Waals surface area contributed by atoms with Gasteiger partial charge in [-0.05, 0) is 25.1 Å². The van der Waals surface area contributed by atoms with Crippen molar-refractivity contribution in [1.29, 1.82) is 0 Å². The average molecular weight is 266 g/mol. The zero-order chi connectivity index (χ0) is 13.1. The van der Waals surface area contributed by atoms with Crippen LogP contribution in [0.5, 0.6) is 5.75 Å². The first-order valence-electron chi connectivity index (χ1n) is 4.59. The first-order valence-corrected chi connectivity index (χ1v) is 5.04. The summed E-state index contributed by atoms with van der Waals surface area (Å²) < 4.78 is 44.6. The Kier molecular flexibility index (Phi) is 4.28. The Morgan fingerprint density at radius 1 is 1.41 bits per heavy atom. The zero-order valence-corrected chi connectivity index (χ0v) is 9.64. The second-order valence-electron chi connectivity index (χ2n) is 2.95. The fourth-order valence-electron chi connectivity index (χ4n) is 1.10. The molecule has 0 aliphatic heterocycles. The van der Waals surface area contributed by atoms with Crippen LogP contribution >= 0.6 is 12.6 Å². The third-order valence-electron chi connectivity index (χ3n) is 1.68. The van der Waals surface area contributed by atoms with E-state index in [0.29, 0.717) is 4.90 Å². The van der Waals surface area contributed by atoms with Gasteiger partial charge in [-0.25, -0.2) is 4.79 Å². The summed E-state index contributed by atoms with van der Waals surface area (Å²) >= 11 is 3.93. The Morgan fingerprint density at radius 2 is 2.06 bits per heavy atom. The van der Waals surface area contributed by atoms with Gasteiger partial charge in [0.05, 0.1) is 6.61 Å². The number of halogens is 3. The summed E-state index contributed by atoms with van der Waals surface area (Å²) in [6.07, 6.45) is -4.86. The highest BCUT2D eigenvalue weighted by Gasteiger charge is 2.33. The molecule has 0 atom stereocenters. The molecule has 0 radical (unpaired) electrons. The highest BCUT2D eigenvalue weighted by atomic mass is 32.1. The van der Waals surface area contributed by atoms with Crippen molar-refractivity contribution < 1.29 is 27.4 Å². The third-order valence-corrected chi connectivity index (χ3v) is 1.96. The van der Waals surface area contributed by atoms with Crippen molar-refractivity contribution in [3.63, 3.8) is 0 Å². The van der Waals surface area contributed by atoms with Gasteiger partial charge in [0.15, 0.2) is 0 Å². The zero-order valence-electron chi connectivity index (χ0n) is 8.75. The molecule has 0 saturated heterocycles. The molecule has 0 N–H and O–H groups in total. The molecule has 7 heteroatoms. The number of esters is 1. The van der Waals surface area contributed by atoms with Crippen LogP contribution in [0.2, 0.25) is 0 Å². The summed E-state index contributed by atoms with van der Waals surface area (Å²) in [5.74, 6) is -1.49. The Hall–Kier alpha value is -1.37. The van der Waals surface area contributed by atoms with Gasteiger partial charge < -0.3 is 9.47 Å². The van der Waals surface area contributed by atoms with Crippen molar-refractivity contribution in [2.75, 3.05) is 6.61 Å². The molecule has 0 saturated carbocycles. The van der Waals surface area contributed by atoms with Crippen LogP contribution in [-0.4, -0.2) is 18.9 Å². The monoisotopic (exact) mass is 266 g/mol. The Morgan fingerprint density at radius 3 is 2.59 bits per heavy atom. The summed E-state index contributed by atoms with van der Waals surface area (Å²) in [4.78, 5) is 11.7. The lowest BCUT2D eigenvalue weighted by atomic mass is 10.2. The molecule has 0 spiro atoms. The quantitative estimate of drug-likeness (QED) is 0.674. The topological polar surface area (TPSA) is 35.5 Å². The summed E-state index contributed by atoms with van der Waals surface area (Å²) in [5, 5.41) is 0. The van der Waals surface area contributed by atoms with Crippen LogP contribution in [-0.2, 0) is 4.74 Å². The Labute approximate surface area is 101 Å². The van der Waals surface area contributed by atoms with Crippen molar-refractivity contribution in [3.05, 3.63) is 23.8 Å². The van der Waals surface area contributed by atoms with Crippen LogP contribution in [0.3, 0.4) is 0 Å². The van der Waals surface area contributed by atoms with E-state index in [1.165, 1.54) is 6.07 Å². The molecule has 94 valence electrons. The summed E-state index contributed by atoms with van der Waals surface area (Å²) in [6, 6.07) is 3.46. The fourth-order valence-corrected chi connectivity index (χ4v) is 1.30. The molecule has 0 aliphatic rings. The van der Waals surface area contributed by atoms with E-state index in [-0.39, 0.29) is 12.2 Å². The van der Waals surface area contributed by atoms with Crippen molar-refractivity contribution in [3.8, 4) is 5.75 Å². The number of carbonyl (C=O) groups excluding carboxylic acids is 1. The van der Waals surface area contributed by atoms with Gasteiger partial charge in [-0.3, -0.25) is 0 Å². The molecule has 3 nitrogen and oxygen atoms in total. The molecule has 1 aromatic rings. The van der Waals surface area contributed by atoms with Crippen LogP contribution in [0.25, 0.3) is 0 Å². The van der Waals surface area contributed by atoms with Crippen LogP contribution < -0.4 is 4.74 Å². The number of carbonyl (C=O) groups is 1. The predicted octanol–water partition coefficient (Wildman–Crippen LogP) is 3.05. The maximum absolute atomic E-state index is 12.1. The normalized spacial score (nSPS) is 11.1. The molecule has 1 rings (SSSR count). The number of alkyl halides is 3. The van der Waals surface area contributed by atoms with Gasteiger partial charge >= 0.3 is 12.3 Å². The molecule has 17 heavy (non-hydrogen) atoms. The Bertz CT molecular complexity index is 418. The molecule has 0 unspecified atom stereocenters. The lowest BCUT2D eigenvalue weighted by Gasteiger charge is -2.12. The van der Waals surface area contributed by atoms with Gasteiger partial charge in [0.1, 0.15) is 11.3 Å². The molecule has 0 fully saturated rings. The summed E-state index contributed by atoms with van der Waals surface area (Å²) in [7, 11) is 0. The van der Waals surface area contributed by atoms with E-state index < -0.39 is 18.1 Å². The highest BCUT2D eigenvalue weighted by molar-refractivity contribution is 7.80. The molecule has 1 aromatic carbocycles. The first kappa shape index (κ1) is 13.7. The van der Waals surface area contributed by atoms with E-state index in [4.69, 9.17) is 0 Å². The van der Waals surface area contributed by atoms with Gasteiger partial charge in [-0.2, -0.15) is 0 Å². The van der Waals surface area contributed by atoms with Gasteiger partial charge in [0, 0.05) is 4.90 Å². The lowest BCUT2D eigenvalue weighted by Crippen LogP contribution is -2.19. The number of thiol groups is 1.